The van der Waals surface area contributed by atoms with Crippen LogP contribution in [-0.2, 0) is 9.53 Å². The molecule has 0 bridgehead atoms. The van der Waals surface area contributed by atoms with Gasteiger partial charge in [-0.15, -0.1) is 22.7 Å². The van der Waals surface area contributed by atoms with Gasteiger partial charge in [0.15, 0.2) is 6.61 Å². The minimum absolute atomic E-state index is 0.0760. The van der Waals surface area contributed by atoms with E-state index in [9.17, 15) is 9.59 Å². The van der Waals surface area contributed by atoms with Crippen LogP contribution in [0.5, 0.6) is 0 Å². The van der Waals surface area contributed by atoms with Gasteiger partial charge in [-0.3, -0.25) is 4.79 Å². The maximum absolute atomic E-state index is 11.6. The van der Waals surface area contributed by atoms with Crippen LogP contribution >= 0.6 is 22.7 Å². The van der Waals surface area contributed by atoms with Crippen LogP contribution in [-0.4, -0.2) is 18.5 Å². The second-order valence-electron chi connectivity index (χ2n) is 3.86. The minimum atomic E-state index is -0.464. The second-order valence-corrected chi connectivity index (χ2v) is 5.79. The third-order valence-electron chi connectivity index (χ3n) is 2.40. The van der Waals surface area contributed by atoms with E-state index in [4.69, 9.17) is 4.74 Å². The van der Waals surface area contributed by atoms with Gasteiger partial charge in [0.2, 0.25) is 0 Å². The summed E-state index contributed by atoms with van der Waals surface area (Å²) >= 11 is 2.86. The van der Waals surface area contributed by atoms with Crippen LogP contribution in [0.1, 0.15) is 27.5 Å². The molecule has 19 heavy (non-hydrogen) atoms. The Morgan fingerprint density at radius 1 is 1.26 bits per heavy atom. The molecule has 2 aromatic heterocycles. The largest absolute Gasteiger partial charge is 0.451 e. The van der Waals surface area contributed by atoms with E-state index in [0.29, 0.717) is 4.88 Å². The molecule has 0 saturated carbocycles. The highest BCUT2D eigenvalue weighted by Gasteiger charge is 2.13. The Morgan fingerprint density at radius 2 is 2.00 bits per heavy atom. The molecule has 0 saturated heterocycles. The van der Waals surface area contributed by atoms with Gasteiger partial charge in [0, 0.05) is 4.88 Å². The lowest BCUT2D eigenvalue weighted by Gasteiger charge is -2.12. The molecule has 6 heteroatoms. The van der Waals surface area contributed by atoms with Gasteiger partial charge >= 0.3 is 5.97 Å². The summed E-state index contributed by atoms with van der Waals surface area (Å²) in [5.74, 6) is -0.764. The molecular formula is C13H13NO3S2. The first-order valence-corrected chi connectivity index (χ1v) is 7.46. The van der Waals surface area contributed by atoms with Crippen molar-refractivity contribution < 1.29 is 14.3 Å². The molecule has 0 aliphatic heterocycles. The molecule has 0 radical (unpaired) electrons. The second kappa shape index (κ2) is 6.49. The molecule has 2 aromatic rings. The lowest BCUT2D eigenvalue weighted by atomic mass is 10.3. The summed E-state index contributed by atoms with van der Waals surface area (Å²) in [7, 11) is 0. The van der Waals surface area contributed by atoms with Gasteiger partial charge < -0.3 is 10.1 Å². The molecule has 100 valence electrons. The first-order valence-electron chi connectivity index (χ1n) is 5.70. The Balaban J connectivity index is 1.77. The Hall–Kier alpha value is -1.66. The standard InChI is InChI=1S/C13H13NO3S2/c1-9(10-4-2-6-18-10)14-12(15)8-17-13(16)11-5-3-7-19-11/h2-7,9H,8H2,1H3,(H,14,15). The smallest absolute Gasteiger partial charge is 0.348 e. The molecule has 2 rings (SSSR count). The average Bonchev–Trinajstić information content (AvgIpc) is 3.07. The number of carbonyl (C=O) groups excluding carboxylic acids is 2. The lowest BCUT2D eigenvalue weighted by Crippen LogP contribution is -2.30. The number of hydrogen-bond acceptors (Lipinski definition) is 5. The van der Waals surface area contributed by atoms with Crippen molar-refractivity contribution in [3.63, 3.8) is 0 Å². The summed E-state index contributed by atoms with van der Waals surface area (Å²) in [4.78, 5) is 24.7. The molecule has 0 aliphatic carbocycles. The number of thiophene rings is 2. The van der Waals surface area contributed by atoms with Crippen molar-refractivity contribution in [2.45, 2.75) is 13.0 Å². The number of amides is 1. The van der Waals surface area contributed by atoms with E-state index in [-0.39, 0.29) is 18.6 Å². The highest BCUT2D eigenvalue weighted by atomic mass is 32.1. The zero-order valence-electron chi connectivity index (χ0n) is 10.3. The molecule has 0 fully saturated rings. The molecule has 1 N–H and O–H groups in total. The predicted octanol–water partition coefficient (Wildman–Crippen LogP) is 2.84. The fraction of sp³-hybridized carbons (Fsp3) is 0.231. The summed E-state index contributed by atoms with van der Waals surface area (Å²) in [6.45, 7) is 1.64. The number of esters is 1. The van der Waals surface area contributed by atoms with Crippen molar-refractivity contribution >= 4 is 34.6 Å². The van der Waals surface area contributed by atoms with Gasteiger partial charge in [-0.25, -0.2) is 4.79 Å². The fourth-order valence-electron chi connectivity index (χ4n) is 1.49. The van der Waals surface area contributed by atoms with Crippen LogP contribution in [0, 0.1) is 0 Å². The highest BCUT2D eigenvalue weighted by molar-refractivity contribution is 7.12. The Kier molecular flexibility index (Phi) is 4.70. The maximum atomic E-state index is 11.6. The molecule has 0 aromatic carbocycles. The first kappa shape index (κ1) is 13.8. The van der Waals surface area contributed by atoms with Gasteiger partial charge in [-0.2, -0.15) is 0 Å². The fourth-order valence-corrected chi connectivity index (χ4v) is 2.84. The van der Waals surface area contributed by atoms with E-state index in [1.807, 2.05) is 24.4 Å². The van der Waals surface area contributed by atoms with E-state index >= 15 is 0 Å². The number of hydrogen-bond donors (Lipinski definition) is 1. The van der Waals surface area contributed by atoms with E-state index in [1.54, 1.807) is 28.8 Å². The zero-order valence-corrected chi connectivity index (χ0v) is 11.9. The minimum Gasteiger partial charge on any atom is -0.451 e. The lowest BCUT2D eigenvalue weighted by molar-refractivity contribution is -0.124. The third kappa shape index (κ3) is 3.90. The van der Waals surface area contributed by atoms with Gasteiger partial charge in [0.25, 0.3) is 5.91 Å². The van der Waals surface area contributed by atoms with Gasteiger partial charge in [0.05, 0.1) is 6.04 Å². The number of ether oxygens (including phenoxy) is 1. The zero-order chi connectivity index (χ0) is 13.7. The summed E-state index contributed by atoms with van der Waals surface area (Å²) in [6, 6.07) is 7.24. The van der Waals surface area contributed by atoms with Crippen LogP contribution in [0.4, 0.5) is 0 Å². The van der Waals surface area contributed by atoms with Gasteiger partial charge in [0.1, 0.15) is 4.88 Å². The average molecular weight is 295 g/mol. The van der Waals surface area contributed by atoms with Gasteiger partial charge in [-0.1, -0.05) is 12.1 Å². The molecule has 2 heterocycles. The molecule has 0 aliphatic rings. The highest BCUT2D eigenvalue weighted by Crippen LogP contribution is 2.17. The Morgan fingerprint density at radius 3 is 2.63 bits per heavy atom. The van der Waals surface area contributed by atoms with Crippen LogP contribution in [0.25, 0.3) is 0 Å². The van der Waals surface area contributed by atoms with Gasteiger partial charge in [-0.05, 0) is 29.8 Å². The third-order valence-corrected chi connectivity index (χ3v) is 4.31. The van der Waals surface area contributed by atoms with E-state index in [1.165, 1.54) is 11.3 Å². The van der Waals surface area contributed by atoms with E-state index in [2.05, 4.69) is 5.32 Å². The van der Waals surface area contributed by atoms with Crippen LogP contribution in [0.3, 0.4) is 0 Å². The van der Waals surface area contributed by atoms with Crippen molar-refractivity contribution in [1.82, 2.24) is 5.32 Å². The van der Waals surface area contributed by atoms with Crippen LogP contribution in [0.15, 0.2) is 35.0 Å². The monoisotopic (exact) mass is 295 g/mol. The van der Waals surface area contributed by atoms with E-state index in [0.717, 1.165) is 4.88 Å². The normalized spacial score (nSPS) is 11.8. The number of rotatable bonds is 5. The first-order chi connectivity index (χ1) is 9.16. The molecule has 4 nitrogen and oxygen atoms in total. The number of nitrogens with one attached hydrogen (secondary N) is 1. The SMILES string of the molecule is CC(NC(=O)COC(=O)c1cccs1)c1cccs1. The van der Waals surface area contributed by atoms with Crippen molar-refractivity contribution in [2.75, 3.05) is 6.61 Å². The van der Waals surface area contributed by atoms with Crippen molar-refractivity contribution in [3.8, 4) is 0 Å². The molecular weight excluding hydrogens is 282 g/mol. The number of carbonyl (C=O) groups is 2. The summed E-state index contributed by atoms with van der Waals surface area (Å²) in [6.07, 6.45) is 0. The molecule has 1 atom stereocenters. The van der Waals surface area contributed by atoms with Crippen molar-refractivity contribution in [3.05, 3.63) is 44.8 Å². The summed E-state index contributed by atoms with van der Waals surface area (Å²) in [5, 5.41) is 6.52. The Labute approximate surface area is 119 Å². The predicted molar refractivity (Wildman–Crippen MR) is 75.5 cm³/mol. The molecule has 1 amide bonds. The topological polar surface area (TPSA) is 55.4 Å². The Bertz CT molecular complexity index is 534. The summed E-state index contributed by atoms with van der Waals surface area (Å²) in [5.41, 5.74) is 0. The van der Waals surface area contributed by atoms with Crippen molar-refractivity contribution in [1.29, 1.82) is 0 Å². The maximum Gasteiger partial charge on any atom is 0.348 e. The van der Waals surface area contributed by atoms with E-state index < -0.39 is 5.97 Å². The summed E-state index contributed by atoms with van der Waals surface area (Å²) < 4.78 is 4.93. The quantitative estimate of drug-likeness (QED) is 0.863. The molecule has 0 spiro atoms. The van der Waals surface area contributed by atoms with Crippen LogP contribution < -0.4 is 5.32 Å². The molecule has 1 unspecified atom stereocenters. The van der Waals surface area contributed by atoms with Crippen molar-refractivity contribution in [2.24, 2.45) is 0 Å². The van der Waals surface area contributed by atoms with Crippen LogP contribution in [0.2, 0.25) is 0 Å².